The number of hydrogen-bond acceptors (Lipinski definition) is 2. The fraction of sp³-hybridized carbons (Fsp3) is 0.105. The van der Waals surface area contributed by atoms with E-state index in [1.54, 1.807) is 24.3 Å². The third-order valence-corrected chi connectivity index (χ3v) is 3.73. The molecule has 0 spiro atoms. The second-order valence-corrected chi connectivity index (χ2v) is 5.56. The van der Waals surface area contributed by atoms with Gasteiger partial charge in [-0.15, -0.1) is 0 Å². The Hall–Kier alpha value is -2.52. The number of benzene rings is 3. The largest absolute Gasteiger partial charge is 0.493 e. The number of halogens is 1. The molecule has 0 heterocycles. The highest BCUT2D eigenvalue weighted by atomic mass is 35.5. The lowest BCUT2D eigenvalue weighted by Crippen LogP contribution is -2.15. The first-order chi connectivity index (χ1) is 11.2. The molecular weight excluding hydrogens is 310 g/mol. The minimum atomic E-state index is -0.0738. The van der Waals surface area contributed by atoms with Gasteiger partial charge in [-0.1, -0.05) is 48.0 Å². The standard InChI is InChI=1S/C19H16ClNO2/c20-15-8-10-16(11-9-15)23-13-12-19(22)21-18-7-3-5-14-4-1-2-6-17(14)18/h1-11H,12-13H2,(H,21,22). The first-order valence-corrected chi connectivity index (χ1v) is 7.76. The van der Waals surface area contributed by atoms with Gasteiger partial charge in [-0.25, -0.2) is 0 Å². The van der Waals surface area contributed by atoms with Gasteiger partial charge < -0.3 is 10.1 Å². The first kappa shape index (κ1) is 15.4. The van der Waals surface area contributed by atoms with E-state index < -0.39 is 0 Å². The average Bonchev–Trinajstić information content (AvgIpc) is 2.57. The molecule has 0 bridgehead atoms. The van der Waals surface area contributed by atoms with Gasteiger partial charge in [0.25, 0.3) is 0 Å². The van der Waals surface area contributed by atoms with Gasteiger partial charge in [0.2, 0.25) is 5.91 Å². The molecule has 0 aromatic heterocycles. The molecule has 0 unspecified atom stereocenters. The van der Waals surface area contributed by atoms with E-state index in [0.717, 1.165) is 16.5 Å². The quantitative estimate of drug-likeness (QED) is 0.724. The van der Waals surface area contributed by atoms with Gasteiger partial charge in [0.15, 0.2) is 0 Å². The molecule has 0 aliphatic rings. The maximum atomic E-state index is 12.1. The van der Waals surface area contributed by atoms with Crippen molar-refractivity contribution in [2.75, 3.05) is 11.9 Å². The second kappa shape index (κ2) is 7.16. The van der Waals surface area contributed by atoms with Crippen LogP contribution in [0.2, 0.25) is 5.02 Å². The van der Waals surface area contributed by atoms with Gasteiger partial charge in [0, 0.05) is 16.1 Å². The molecule has 0 saturated carbocycles. The summed E-state index contributed by atoms with van der Waals surface area (Å²) < 4.78 is 5.54. The van der Waals surface area contributed by atoms with Gasteiger partial charge in [0.1, 0.15) is 5.75 Å². The molecule has 0 saturated heterocycles. The van der Waals surface area contributed by atoms with Gasteiger partial charge in [-0.3, -0.25) is 4.79 Å². The second-order valence-electron chi connectivity index (χ2n) is 5.13. The van der Waals surface area contributed by atoms with Crippen molar-refractivity contribution >= 4 is 34.0 Å². The Labute approximate surface area is 139 Å². The Bertz CT molecular complexity index is 810. The predicted octanol–water partition coefficient (Wildman–Crippen LogP) is 4.90. The van der Waals surface area contributed by atoms with Gasteiger partial charge >= 0.3 is 0 Å². The molecule has 3 rings (SSSR count). The highest BCUT2D eigenvalue weighted by Gasteiger charge is 2.06. The Balaban J connectivity index is 1.57. The fourth-order valence-electron chi connectivity index (χ4n) is 2.34. The maximum absolute atomic E-state index is 12.1. The Morgan fingerprint density at radius 3 is 2.52 bits per heavy atom. The molecule has 3 nitrogen and oxygen atoms in total. The minimum Gasteiger partial charge on any atom is -0.493 e. The van der Waals surface area contributed by atoms with Crippen LogP contribution in [0.4, 0.5) is 5.69 Å². The van der Waals surface area contributed by atoms with Crippen LogP contribution in [0.25, 0.3) is 10.8 Å². The van der Waals surface area contributed by atoms with Crippen LogP contribution in [0.15, 0.2) is 66.7 Å². The molecule has 0 fully saturated rings. The Morgan fingerprint density at radius 1 is 0.957 bits per heavy atom. The lowest BCUT2D eigenvalue weighted by atomic mass is 10.1. The zero-order chi connectivity index (χ0) is 16.1. The number of amides is 1. The van der Waals surface area contributed by atoms with Gasteiger partial charge in [0.05, 0.1) is 13.0 Å². The SMILES string of the molecule is O=C(CCOc1ccc(Cl)cc1)Nc1cccc2ccccc12. The zero-order valence-corrected chi connectivity index (χ0v) is 13.2. The lowest BCUT2D eigenvalue weighted by molar-refractivity contribution is -0.116. The van der Waals surface area contributed by atoms with Crippen LogP contribution >= 0.6 is 11.6 Å². The van der Waals surface area contributed by atoms with Crippen molar-refractivity contribution in [1.29, 1.82) is 0 Å². The van der Waals surface area contributed by atoms with E-state index in [2.05, 4.69) is 5.32 Å². The van der Waals surface area contributed by atoms with Gasteiger partial charge in [-0.05, 0) is 35.7 Å². The van der Waals surface area contributed by atoms with Crippen LogP contribution in [-0.2, 0) is 4.79 Å². The van der Waals surface area contributed by atoms with E-state index in [-0.39, 0.29) is 12.3 Å². The van der Waals surface area contributed by atoms with Crippen molar-refractivity contribution < 1.29 is 9.53 Å². The molecule has 0 atom stereocenters. The average molecular weight is 326 g/mol. The molecule has 0 aliphatic carbocycles. The summed E-state index contributed by atoms with van der Waals surface area (Å²) >= 11 is 5.81. The summed E-state index contributed by atoms with van der Waals surface area (Å²) in [4.78, 5) is 12.1. The van der Waals surface area contributed by atoms with E-state index >= 15 is 0 Å². The number of carbonyl (C=O) groups is 1. The topological polar surface area (TPSA) is 38.3 Å². The molecule has 3 aromatic carbocycles. The molecule has 4 heteroatoms. The van der Waals surface area contributed by atoms with Crippen molar-refractivity contribution in [3.05, 3.63) is 71.8 Å². The van der Waals surface area contributed by atoms with E-state index in [1.807, 2.05) is 42.5 Å². The van der Waals surface area contributed by atoms with Crippen molar-refractivity contribution in [2.45, 2.75) is 6.42 Å². The monoisotopic (exact) mass is 325 g/mol. The Kier molecular flexibility index (Phi) is 4.79. The molecule has 3 aromatic rings. The summed E-state index contributed by atoms with van der Waals surface area (Å²) in [5.74, 6) is 0.627. The number of nitrogens with one attached hydrogen (secondary N) is 1. The fourth-order valence-corrected chi connectivity index (χ4v) is 2.47. The number of hydrogen-bond donors (Lipinski definition) is 1. The summed E-state index contributed by atoms with van der Waals surface area (Å²) in [6.45, 7) is 0.318. The molecule has 0 aliphatic heterocycles. The van der Waals surface area contributed by atoms with Crippen LogP contribution in [0.3, 0.4) is 0 Å². The molecule has 23 heavy (non-hydrogen) atoms. The predicted molar refractivity (Wildman–Crippen MR) is 94.1 cm³/mol. The molecular formula is C19H16ClNO2. The highest BCUT2D eigenvalue weighted by molar-refractivity contribution is 6.30. The summed E-state index contributed by atoms with van der Waals surface area (Å²) in [6.07, 6.45) is 0.284. The van der Waals surface area contributed by atoms with E-state index in [1.165, 1.54) is 0 Å². The van der Waals surface area contributed by atoms with Crippen LogP contribution < -0.4 is 10.1 Å². The highest BCUT2D eigenvalue weighted by Crippen LogP contribution is 2.23. The number of carbonyl (C=O) groups excluding carboxylic acids is 1. The number of anilines is 1. The zero-order valence-electron chi connectivity index (χ0n) is 12.5. The summed E-state index contributed by atoms with van der Waals surface area (Å²) in [7, 11) is 0. The minimum absolute atomic E-state index is 0.0738. The van der Waals surface area contributed by atoms with Crippen LogP contribution in [0.1, 0.15) is 6.42 Å². The summed E-state index contributed by atoms with van der Waals surface area (Å²) in [6, 6.07) is 20.9. The van der Waals surface area contributed by atoms with E-state index in [4.69, 9.17) is 16.3 Å². The number of fused-ring (bicyclic) bond motifs is 1. The molecule has 116 valence electrons. The summed E-state index contributed by atoms with van der Waals surface area (Å²) in [5.41, 5.74) is 0.819. The maximum Gasteiger partial charge on any atom is 0.227 e. The van der Waals surface area contributed by atoms with Crippen molar-refractivity contribution in [3.63, 3.8) is 0 Å². The number of ether oxygens (including phenoxy) is 1. The third kappa shape index (κ3) is 4.02. The summed E-state index contributed by atoms with van der Waals surface area (Å²) in [5, 5.41) is 5.73. The van der Waals surface area contributed by atoms with E-state index in [9.17, 15) is 4.79 Å². The van der Waals surface area contributed by atoms with Crippen LogP contribution in [0.5, 0.6) is 5.75 Å². The van der Waals surface area contributed by atoms with Crippen molar-refractivity contribution in [3.8, 4) is 5.75 Å². The molecule has 0 radical (unpaired) electrons. The first-order valence-electron chi connectivity index (χ1n) is 7.38. The van der Waals surface area contributed by atoms with E-state index in [0.29, 0.717) is 17.4 Å². The van der Waals surface area contributed by atoms with Crippen LogP contribution in [0, 0.1) is 0 Å². The van der Waals surface area contributed by atoms with Crippen molar-refractivity contribution in [1.82, 2.24) is 0 Å². The number of rotatable bonds is 5. The van der Waals surface area contributed by atoms with Crippen molar-refractivity contribution in [2.24, 2.45) is 0 Å². The molecule has 1 N–H and O–H groups in total. The van der Waals surface area contributed by atoms with Crippen LogP contribution in [-0.4, -0.2) is 12.5 Å². The molecule has 1 amide bonds. The normalized spacial score (nSPS) is 10.5. The lowest BCUT2D eigenvalue weighted by Gasteiger charge is -2.09. The smallest absolute Gasteiger partial charge is 0.227 e. The Morgan fingerprint density at radius 2 is 1.70 bits per heavy atom. The van der Waals surface area contributed by atoms with Gasteiger partial charge in [-0.2, -0.15) is 0 Å². The third-order valence-electron chi connectivity index (χ3n) is 3.48.